The van der Waals surface area contributed by atoms with Crippen LogP contribution in [0.15, 0.2) is 9.70 Å². The number of rotatable bonds is 4. The van der Waals surface area contributed by atoms with Crippen LogP contribution in [0.3, 0.4) is 0 Å². The number of hydrogen-bond acceptors (Lipinski definition) is 7. The van der Waals surface area contributed by atoms with Crippen LogP contribution in [0, 0.1) is 18.3 Å². The monoisotopic (exact) mass is 471 g/mol. The Morgan fingerprint density at radius 1 is 1.19 bits per heavy atom. The van der Waals surface area contributed by atoms with Gasteiger partial charge in [0, 0.05) is 44.8 Å². The standard InChI is InChI=1S/C23H29N5O2S2/c1-4-26-9-11-27(12-10-26)20-17(15(2)18(14-24)21(29)25(20)3)13-19-22(30)28(23(31)32-19)16-7-5-6-8-16/h13,16H,4-12H2,1-3H3. The molecule has 3 heterocycles. The van der Waals surface area contributed by atoms with Gasteiger partial charge in [0.1, 0.15) is 21.8 Å². The first-order valence-corrected chi connectivity index (χ1v) is 12.5. The molecular formula is C23H29N5O2S2. The second-order valence-corrected chi connectivity index (χ2v) is 10.3. The summed E-state index contributed by atoms with van der Waals surface area (Å²) in [5.41, 5.74) is 1.21. The number of amides is 1. The molecule has 0 unspecified atom stereocenters. The highest BCUT2D eigenvalue weighted by atomic mass is 32.2. The average molecular weight is 472 g/mol. The molecule has 2 saturated heterocycles. The molecule has 1 aliphatic carbocycles. The highest BCUT2D eigenvalue weighted by Crippen LogP contribution is 2.39. The molecule has 1 aromatic heterocycles. The van der Waals surface area contributed by atoms with Crippen LogP contribution in [0.2, 0.25) is 0 Å². The van der Waals surface area contributed by atoms with Gasteiger partial charge >= 0.3 is 0 Å². The molecule has 0 N–H and O–H groups in total. The van der Waals surface area contributed by atoms with Gasteiger partial charge in [-0.05, 0) is 37.9 Å². The smallest absolute Gasteiger partial charge is 0.270 e. The molecule has 0 spiro atoms. The quantitative estimate of drug-likeness (QED) is 0.494. The van der Waals surface area contributed by atoms with Crippen LogP contribution >= 0.6 is 24.0 Å². The van der Waals surface area contributed by atoms with Crippen molar-refractivity contribution in [3.05, 3.63) is 31.9 Å². The van der Waals surface area contributed by atoms with Crippen LogP contribution in [-0.2, 0) is 11.8 Å². The summed E-state index contributed by atoms with van der Waals surface area (Å²) in [6.07, 6.45) is 6.08. The summed E-state index contributed by atoms with van der Waals surface area (Å²) in [7, 11) is 1.71. The molecule has 1 aromatic rings. The van der Waals surface area contributed by atoms with Crippen molar-refractivity contribution in [3.8, 4) is 6.07 Å². The van der Waals surface area contributed by atoms with Gasteiger partial charge in [-0.15, -0.1) is 0 Å². The Balaban J connectivity index is 1.79. The zero-order valence-corrected chi connectivity index (χ0v) is 20.5. The average Bonchev–Trinajstić information content (AvgIpc) is 3.40. The second kappa shape index (κ2) is 9.38. The maximum atomic E-state index is 13.3. The van der Waals surface area contributed by atoms with Crippen molar-refractivity contribution >= 4 is 46.1 Å². The van der Waals surface area contributed by atoms with Crippen molar-refractivity contribution in [1.29, 1.82) is 5.26 Å². The summed E-state index contributed by atoms with van der Waals surface area (Å²) in [5, 5.41) is 9.65. The van der Waals surface area contributed by atoms with Gasteiger partial charge < -0.3 is 9.80 Å². The molecule has 7 nitrogen and oxygen atoms in total. The number of thiocarbonyl (C=S) groups is 1. The van der Waals surface area contributed by atoms with E-state index in [0.717, 1.165) is 69.8 Å². The lowest BCUT2D eigenvalue weighted by molar-refractivity contribution is -0.123. The first-order chi connectivity index (χ1) is 15.4. The number of hydrogen-bond donors (Lipinski definition) is 0. The molecule has 0 radical (unpaired) electrons. The van der Waals surface area contributed by atoms with Crippen molar-refractivity contribution in [1.82, 2.24) is 14.4 Å². The lowest BCUT2D eigenvalue weighted by Gasteiger charge is -2.37. The van der Waals surface area contributed by atoms with E-state index in [4.69, 9.17) is 12.2 Å². The summed E-state index contributed by atoms with van der Waals surface area (Å²) < 4.78 is 2.17. The summed E-state index contributed by atoms with van der Waals surface area (Å²) in [6, 6.07) is 2.26. The van der Waals surface area contributed by atoms with E-state index >= 15 is 0 Å². The molecule has 4 rings (SSSR count). The molecule has 9 heteroatoms. The van der Waals surface area contributed by atoms with Crippen LogP contribution in [0.1, 0.15) is 49.3 Å². The number of nitrogens with zero attached hydrogens (tertiary/aromatic N) is 5. The van der Waals surface area contributed by atoms with Gasteiger partial charge in [0.2, 0.25) is 0 Å². The van der Waals surface area contributed by atoms with Gasteiger partial charge in [-0.25, -0.2) is 0 Å². The van der Waals surface area contributed by atoms with E-state index in [2.05, 4.69) is 22.8 Å². The molecule has 2 aliphatic heterocycles. The van der Waals surface area contributed by atoms with Crippen molar-refractivity contribution in [2.75, 3.05) is 37.6 Å². The van der Waals surface area contributed by atoms with Gasteiger partial charge in [-0.3, -0.25) is 19.1 Å². The number of nitriles is 1. The molecule has 3 aliphatic rings. The summed E-state index contributed by atoms with van der Waals surface area (Å²) >= 11 is 6.89. The lowest BCUT2D eigenvalue weighted by atomic mass is 10.0. The highest BCUT2D eigenvalue weighted by Gasteiger charge is 2.38. The Bertz CT molecular complexity index is 1070. The minimum atomic E-state index is -0.298. The first kappa shape index (κ1) is 23.0. The number of pyridine rings is 1. The maximum Gasteiger partial charge on any atom is 0.270 e. The molecule has 0 bridgehead atoms. The van der Waals surface area contributed by atoms with Crippen molar-refractivity contribution in [2.45, 2.75) is 45.6 Å². The van der Waals surface area contributed by atoms with Gasteiger partial charge in [0.05, 0.1) is 4.91 Å². The number of thioether (sulfide) groups is 1. The third-order valence-corrected chi connectivity index (χ3v) is 8.21. The van der Waals surface area contributed by atoms with E-state index in [1.165, 1.54) is 11.8 Å². The SMILES string of the molecule is CCN1CCN(c2c(C=C3SC(=S)N(C4CCCC4)C3=O)c(C)c(C#N)c(=O)n2C)CC1. The van der Waals surface area contributed by atoms with E-state index < -0.39 is 0 Å². The van der Waals surface area contributed by atoms with E-state index in [9.17, 15) is 14.9 Å². The van der Waals surface area contributed by atoms with Crippen molar-refractivity contribution in [2.24, 2.45) is 7.05 Å². The van der Waals surface area contributed by atoms with Gasteiger partial charge in [-0.2, -0.15) is 5.26 Å². The fourth-order valence-electron chi connectivity index (χ4n) is 4.96. The highest BCUT2D eigenvalue weighted by molar-refractivity contribution is 8.26. The molecule has 1 amide bonds. The number of piperazine rings is 1. The van der Waals surface area contributed by atoms with Crippen LogP contribution in [0.25, 0.3) is 6.08 Å². The van der Waals surface area contributed by atoms with Crippen molar-refractivity contribution < 1.29 is 4.79 Å². The summed E-state index contributed by atoms with van der Waals surface area (Å²) in [6.45, 7) is 8.34. The number of carbonyl (C=O) groups excluding carboxylic acids is 1. The predicted molar refractivity (Wildman–Crippen MR) is 133 cm³/mol. The number of anilines is 1. The lowest BCUT2D eigenvalue weighted by Crippen LogP contribution is -2.48. The molecule has 0 aromatic carbocycles. The van der Waals surface area contributed by atoms with Crippen LogP contribution in [0.5, 0.6) is 0 Å². The molecule has 32 heavy (non-hydrogen) atoms. The van der Waals surface area contributed by atoms with Crippen LogP contribution in [-0.4, -0.2) is 63.4 Å². The zero-order chi connectivity index (χ0) is 23.0. The normalized spacial score (nSPS) is 21.8. The Kier molecular flexibility index (Phi) is 6.75. The Morgan fingerprint density at radius 2 is 1.84 bits per heavy atom. The molecule has 0 atom stereocenters. The number of aromatic nitrogens is 1. The molecule has 1 saturated carbocycles. The minimum absolute atomic E-state index is 0.0552. The van der Waals surface area contributed by atoms with Crippen molar-refractivity contribution in [3.63, 3.8) is 0 Å². The largest absolute Gasteiger partial charge is 0.355 e. The van der Waals surface area contributed by atoms with Gasteiger partial charge in [-0.1, -0.05) is 43.7 Å². The van der Waals surface area contributed by atoms with Gasteiger partial charge in [0.25, 0.3) is 11.5 Å². The molecule has 170 valence electrons. The maximum absolute atomic E-state index is 13.3. The van der Waals surface area contributed by atoms with E-state index in [1.807, 2.05) is 6.08 Å². The predicted octanol–water partition coefficient (Wildman–Crippen LogP) is 2.85. The van der Waals surface area contributed by atoms with E-state index in [-0.39, 0.29) is 23.1 Å². The molecular weight excluding hydrogens is 442 g/mol. The van der Waals surface area contributed by atoms with Crippen LogP contribution in [0.4, 0.5) is 5.82 Å². The van der Waals surface area contributed by atoms with Crippen LogP contribution < -0.4 is 10.5 Å². The molecule has 3 fully saturated rings. The topological polar surface area (TPSA) is 72.6 Å². The fraction of sp³-hybridized carbons (Fsp3) is 0.565. The second-order valence-electron chi connectivity index (χ2n) is 8.62. The first-order valence-electron chi connectivity index (χ1n) is 11.2. The Hall–Kier alpha value is -2.15. The third-order valence-electron chi connectivity index (χ3n) is 6.88. The number of likely N-dealkylation sites (N-methyl/N-ethyl adjacent to an activating group) is 1. The van der Waals surface area contributed by atoms with E-state index in [0.29, 0.717) is 14.8 Å². The third kappa shape index (κ3) is 4.00. The number of carbonyl (C=O) groups is 1. The summed E-state index contributed by atoms with van der Waals surface area (Å²) in [5.74, 6) is 0.716. The van der Waals surface area contributed by atoms with Gasteiger partial charge in [0.15, 0.2) is 0 Å². The minimum Gasteiger partial charge on any atom is -0.355 e. The van der Waals surface area contributed by atoms with E-state index in [1.54, 1.807) is 23.4 Å². The fourth-order valence-corrected chi connectivity index (χ4v) is 6.34. The summed E-state index contributed by atoms with van der Waals surface area (Å²) in [4.78, 5) is 33.1. The zero-order valence-electron chi connectivity index (χ0n) is 18.9. The Morgan fingerprint density at radius 3 is 2.44 bits per heavy atom. The Labute approximate surface area is 198 Å².